The number of halogens is 3. The van der Waals surface area contributed by atoms with Crippen molar-refractivity contribution < 1.29 is 18.7 Å². The molecule has 7 heteroatoms. The molecule has 0 unspecified atom stereocenters. The maximum Gasteiger partial charge on any atom is 0.355 e. The van der Waals surface area contributed by atoms with Gasteiger partial charge in [0.15, 0.2) is 11.5 Å². The second-order valence-electron chi connectivity index (χ2n) is 3.29. The van der Waals surface area contributed by atoms with Crippen LogP contribution in [0.5, 0.6) is 0 Å². The summed E-state index contributed by atoms with van der Waals surface area (Å²) in [6.45, 7) is 0. The van der Waals surface area contributed by atoms with Gasteiger partial charge < -0.3 is 5.11 Å². The molecule has 0 aliphatic rings. The molecule has 2 rings (SSSR count). The fraction of sp³-hybridized carbons (Fsp3) is 0. The summed E-state index contributed by atoms with van der Waals surface area (Å²) in [6, 6.07) is 3.29. The molecule has 0 bridgehead atoms. The van der Waals surface area contributed by atoms with Gasteiger partial charge in [-0.3, -0.25) is 0 Å². The Morgan fingerprint density at radius 3 is 2.44 bits per heavy atom. The predicted molar refractivity (Wildman–Crippen MR) is 62.0 cm³/mol. The zero-order valence-electron chi connectivity index (χ0n) is 8.69. The lowest BCUT2D eigenvalue weighted by Crippen LogP contribution is -2.05. The fourth-order valence-electron chi connectivity index (χ4n) is 1.35. The third kappa shape index (κ3) is 2.21. The Morgan fingerprint density at radius 1 is 1.28 bits per heavy atom. The van der Waals surface area contributed by atoms with E-state index in [2.05, 4.69) is 25.9 Å². The van der Waals surface area contributed by atoms with Gasteiger partial charge in [-0.05, 0) is 28.1 Å². The average Bonchev–Trinajstić information content (AvgIpc) is 2.30. The summed E-state index contributed by atoms with van der Waals surface area (Å²) in [4.78, 5) is 18.2. The first-order chi connectivity index (χ1) is 8.50. The monoisotopic (exact) mass is 314 g/mol. The molecular formula is C11H5BrF2N2O2. The van der Waals surface area contributed by atoms with E-state index in [-0.39, 0.29) is 16.0 Å². The van der Waals surface area contributed by atoms with Crippen molar-refractivity contribution in [2.24, 2.45) is 0 Å². The Bertz CT molecular complexity index is 614. The summed E-state index contributed by atoms with van der Waals surface area (Å²) in [5.74, 6) is -3.34. The number of aromatic carboxylic acids is 1. The van der Waals surface area contributed by atoms with Crippen molar-refractivity contribution >= 4 is 21.9 Å². The van der Waals surface area contributed by atoms with Crippen molar-refractivity contribution in [1.82, 2.24) is 9.97 Å². The van der Waals surface area contributed by atoms with E-state index in [1.54, 1.807) is 0 Å². The molecule has 18 heavy (non-hydrogen) atoms. The minimum atomic E-state index is -1.32. The summed E-state index contributed by atoms with van der Waals surface area (Å²) in [5.41, 5.74) is -0.810. The molecule has 0 radical (unpaired) electrons. The zero-order valence-corrected chi connectivity index (χ0v) is 10.3. The maximum absolute atomic E-state index is 13.5. The first-order valence-corrected chi connectivity index (χ1v) is 5.50. The number of nitrogens with zero attached hydrogens (tertiary/aromatic N) is 2. The van der Waals surface area contributed by atoms with E-state index in [0.717, 1.165) is 18.3 Å². The van der Waals surface area contributed by atoms with Gasteiger partial charge in [0.05, 0.1) is 10.0 Å². The van der Waals surface area contributed by atoms with E-state index in [9.17, 15) is 13.6 Å². The van der Waals surface area contributed by atoms with Crippen LogP contribution in [0.15, 0.2) is 28.9 Å². The van der Waals surface area contributed by atoms with Gasteiger partial charge in [0.2, 0.25) is 0 Å². The van der Waals surface area contributed by atoms with Gasteiger partial charge in [0, 0.05) is 6.20 Å². The van der Waals surface area contributed by atoms with Crippen LogP contribution in [0.3, 0.4) is 0 Å². The molecule has 1 aromatic heterocycles. The molecule has 4 nitrogen and oxygen atoms in total. The highest BCUT2D eigenvalue weighted by Gasteiger charge is 2.18. The van der Waals surface area contributed by atoms with Crippen LogP contribution < -0.4 is 0 Å². The van der Waals surface area contributed by atoms with Crippen molar-refractivity contribution in [3.8, 4) is 11.4 Å². The lowest BCUT2D eigenvalue weighted by atomic mass is 10.2. The van der Waals surface area contributed by atoms with Crippen LogP contribution in [0.25, 0.3) is 11.4 Å². The number of rotatable bonds is 2. The normalized spacial score (nSPS) is 10.4. The highest BCUT2D eigenvalue weighted by atomic mass is 79.9. The third-order valence-corrected chi connectivity index (χ3v) is 2.71. The molecule has 1 aromatic carbocycles. The van der Waals surface area contributed by atoms with Gasteiger partial charge in [-0.2, -0.15) is 0 Å². The van der Waals surface area contributed by atoms with Gasteiger partial charge in [-0.25, -0.2) is 23.5 Å². The molecular weight excluding hydrogens is 310 g/mol. The van der Waals surface area contributed by atoms with Gasteiger partial charge in [-0.15, -0.1) is 0 Å². The fourth-order valence-corrected chi connectivity index (χ4v) is 1.71. The standard InChI is InChI=1S/C11H5BrF2N2O2/c12-5-4-15-10(16-9(5)11(17)18)8-6(13)2-1-3-7(8)14/h1-4H,(H,17,18). The highest BCUT2D eigenvalue weighted by molar-refractivity contribution is 9.10. The van der Waals surface area contributed by atoms with E-state index in [0.29, 0.717) is 0 Å². The summed E-state index contributed by atoms with van der Waals surface area (Å²) in [7, 11) is 0. The smallest absolute Gasteiger partial charge is 0.355 e. The Hall–Kier alpha value is -1.89. The molecule has 2 aromatic rings. The van der Waals surface area contributed by atoms with E-state index < -0.39 is 23.2 Å². The van der Waals surface area contributed by atoms with Crippen LogP contribution in [-0.2, 0) is 0 Å². The van der Waals surface area contributed by atoms with E-state index in [1.165, 1.54) is 6.07 Å². The van der Waals surface area contributed by atoms with E-state index >= 15 is 0 Å². The lowest BCUT2D eigenvalue weighted by Gasteiger charge is -2.05. The Kier molecular flexibility index (Phi) is 3.33. The minimum absolute atomic E-state index is 0.135. The van der Waals surface area contributed by atoms with E-state index in [4.69, 9.17) is 5.11 Å². The van der Waals surface area contributed by atoms with E-state index in [1.807, 2.05) is 0 Å². The summed E-state index contributed by atoms with van der Waals surface area (Å²) < 4.78 is 27.1. The topological polar surface area (TPSA) is 63.1 Å². The van der Waals surface area contributed by atoms with Crippen molar-refractivity contribution in [3.63, 3.8) is 0 Å². The quantitative estimate of drug-likeness (QED) is 0.925. The molecule has 0 atom stereocenters. The molecule has 0 aliphatic carbocycles. The summed E-state index contributed by atoms with van der Waals surface area (Å²) in [6.07, 6.45) is 1.14. The SMILES string of the molecule is O=C(O)c1nc(-c2c(F)cccc2F)ncc1Br. The third-order valence-electron chi connectivity index (χ3n) is 2.13. The second-order valence-corrected chi connectivity index (χ2v) is 4.15. The summed E-state index contributed by atoms with van der Waals surface area (Å²) in [5, 5.41) is 8.87. The van der Waals surface area contributed by atoms with Gasteiger partial charge >= 0.3 is 5.97 Å². The second kappa shape index (κ2) is 4.77. The van der Waals surface area contributed by atoms with Crippen LogP contribution in [0.4, 0.5) is 8.78 Å². The van der Waals surface area contributed by atoms with Crippen LogP contribution in [0.1, 0.15) is 10.5 Å². The zero-order chi connectivity index (χ0) is 13.3. The molecule has 0 aliphatic heterocycles. The molecule has 1 N–H and O–H groups in total. The Balaban J connectivity index is 2.65. The number of carbonyl (C=O) groups is 1. The summed E-state index contributed by atoms with van der Waals surface area (Å²) >= 11 is 2.95. The number of carboxylic acid groups (broad SMARTS) is 1. The number of benzene rings is 1. The maximum atomic E-state index is 13.5. The largest absolute Gasteiger partial charge is 0.476 e. The molecule has 0 saturated carbocycles. The first kappa shape index (κ1) is 12.6. The van der Waals surface area contributed by atoms with Crippen LogP contribution in [-0.4, -0.2) is 21.0 Å². The van der Waals surface area contributed by atoms with Gasteiger partial charge in [0.25, 0.3) is 0 Å². The highest BCUT2D eigenvalue weighted by Crippen LogP contribution is 2.24. The predicted octanol–water partition coefficient (Wildman–Crippen LogP) is 2.88. The number of aromatic nitrogens is 2. The van der Waals surface area contributed by atoms with Crippen LogP contribution >= 0.6 is 15.9 Å². The van der Waals surface area contributed by atoms with Crippen LogP contribution in [0.2, 0.25) is 0 Å². The lowest BCUT2D eigenvalue weighted by molar-refractivity contribution is 0.0689. The molecule has 1 heterocycles. The molecule has 0 saturated heterocycles. The molecule has 0 fully saturated rings. The molecule has 0 spiro atoms. The first-order valence-electron chi connectivity index (χ1n) is 4.71. The minimum Gasteiger partial charge on any atom is -0.476 e. The number of hydrogen-bond donors (Lipinski definition) is 1. The Morgan fingerprint density at radius 2 is 1.89 bits per heavy atom. The number of hydrogen-bond acceptors (Lipinski definition) is 3. The average molecular weight is 315 g/mol. The molecule has 0 amide bonds. The van der Waals surface area contributed by atoms with Gasteiger partial charge in [0.1, 0.15) is 11.6 Å². The van der Waals surface area contributed by atoms with Crippen LogP contribution in [0, 0.1) is 11.6 Å². The number of carboxylic acids is 1. The van der Waals surface area contributed by atoms with Crippen molar-refractivity contribution in [3.05, 3.63) is 46.2 Å². The van der Waals surface area contributed by atoms with Gasteiger partial charge in [-0.1, -0.05) is 6.07 Å². The van der Waals surface area contributed by atoms with Crippen molar-refractivity contribution in [2.75, 3.05) is 0 Å². The Labute approximate surface area is 108 Å². The van der Waals surface area contributed by atoms with Crippen molar-refractivity contribution in [2.45, 2.75) is 0 Å². The molecule has 92 valence electrons. The van der Waals surface area contributed by atoms with Crippen molar-refractivity contribution in [1.29, 1.82) is 0 Å².